The van der Waals surface area contributed by atoms with E-state index in [-0.39, 0.29) is 0 Å². The Morgan fingerprint density at radius 3 is 2.67 bits per heavy atom. The molecule has 2 N–H and O–H groups in total. The van der Waals surface area contributed by atoms with Crippen LogP contribution in [0.1, 0.15) is 5.56 Å². The third-order valence-corrected chi connectivity index (χ3v) is 1.58. The van der Waals surface area contributed by atoms with E-state index in [0.29, 0.717) is 6.61 Å². The van der Waals surface area contributed by atoms with Crippen LogP contribution in [0.15, 0.2) is 30.3 Å². The molecular formula is C10H15NO. The van der Waals surface area contributed by atoms with Gasteiger partial charge in [-0.1, -0.05) is 30.3 Å². The molecule has 2 heteroatoms. The first-order valence-corrected chi connectivity index (χ1v) is 4.16. The summed E-state index contributed by atoms with van der Waals surface area (Å²) in [5.41, 5.74) is 1.22. The molecule has 12 heavy (non-hydrogen) atoms. The van der Waals surface area contributed by atoms with Gasteiger partial charge in [-0.2, -0.15) is 7.05 Å². The number of quaternary nitrogens is 1. The largest absolute Gasteiger partial charge is 0.477 e. The topological polar surface area (TPSA) is 25.8 Å². The molecule has 0 saturated carbocycles. The minimum absolute atomic E-state index is 0.703. The van der Waals surface area contributed by atoms with Crippen molar-refractivity contribution in [1.29, 1.82) is 0 Å². The lowest BCUT2D eigenvalue weighted by Gasteiger charge is -2.03. The maximum atomic E-state index is 5.39. The Morgan fingerprint density at radius 1 is 1.25 bits per heavy atom. The first kappa shape index (κ1) is 9.23. The second-order valence-corrected chi connectivity index (χ2v) is 2.62. The van der Waals surface area contributed by atoms with Gasteiger partial charge in [0.1, 0.15) is 0 Å². The van der Waals surface area contributed by atoms with Gasteiger partial charge in [-0.15, -0.1) is 0 Å². The van der Waals surface area contributed by atoms with Crippen LogP contribution >= 0.6 is 0 Å². The molecule has 66 valence electrons. The van der Waals surface area contributed by atoms with Gasteiger partial charge >= 0.3 is 0 Å². The standard InChI is InChI=1S/C10H15NO/c1-11-7-8-12-9-10-5-3-2-4-6-10/h2-6H,1,7-9,11H2. The predicted molar refractivity (Wildman–Crippen MR) is 48.2 cm³/mol. The monoisotopic (exact) mass is 165 g/mol. The third-order valence-electron chi connectivity index (χ3n) is 1.58. The molecular weight excluding hydrogens is 150 g/mol. The van der Waals surface area contributed by atoms with Crippen LogP contribution in [0.2, 0.25) is 0 Å². The fraction of sp³-hybridized carbons (Fsp3) is 0.300. The van der Waals surface area contributed by atoms with E-state index in [1.54, 1.807) is 0 Å². The molecule has 0 aromatic heterocycles. The first-order valence-electron chi connectivity index (χ1n) is 4.16. The minimum Gasteiger partial charge on any atom is -0.477 e. The van der Waals surface area contributed by atoms with Crippen molar-refractivity contribution in [2.24, 2.45) is 0 Å². The molecule has 1 aromatic rings. The van der Waals surface area contributed by atoms with Gasteiger partial charge in [0.25, 0.3) is 0 Å². The molecule has 0 spiro atoms. The van der Waals surface area contributed by atoms with Crippen molar-refractivity contribution >= 4 is 0 Å². The second kappa shape index (κ2) is 5.75. The fourth-order valence-electron chi connectivity index (χ4n) is 0.931. The number of nitrogens with two attached hydrogens (primary N) is 1. The highest BCUT2D eigenvalue weighted by Crippen LogP contribution is 1.99. The molecule has 0 aliphatic rings. The zero-order valence-electron chi connectivity index (χ0n) is 7.20. The summed E-state index contributed by atoms with van der Waals surface area (Å²) < 4.78 is 5.39. The van der Waals surface area contributed by atoms with E-state index in [1.807, 2.05) is 23.5 Å². The van der Waals surface area contributed by atoms with Crippen LogP contribution in [0.25, 0.3) is 0 Å². The van der Waals surface area contributed by atoms with Gasteiger partial charge in [0.05, 0.1) is 19.8 Å². The van der Waals surface area contributed by atoms with Gasteiger partial charge in [0.15, 0.2) is 0 Å². The molecule has 0 heterocycles. The number of benzene rings is 1. The molecule has 0 saturated heterocycles. The highest BCUT2D eigenvalue weighted by Gasteiger charge is 1.90. The van der Waals surface area contributed by atoms with Crippen molar-refractivity contribution in [2.45, 2.75) is 6.61 Å². The van der Waals surface area contributed by atoms with Crippen LogP contribution in [0, 0.1) is 7.05 Å². The fourth-order valence-corrected chi connectivity index (χ4v) is 0.931. The molecule has 0 radical (unpaired) electrons. The van der Waals surface area contributed by atoms with E-state index in [9.17, 15) is 0 Å². The normalized spacial score (nSPS) is 10.1. The van der Waals surface area contributed by atoms with Crippen LogP contribution in [0.4, 0.5) is 0 Å². The average molecular weight is 165 g/mol. The third kappa shape index (κ3) is 3.51. The number of hydrogen-bond acceptors (Lipinski definition) is 1. The summed E-state index contributed by atoms with van der Waals surface area (Å²) >= 11 is 0. The number of rotatable bonds is 5. The Morgan fingerprint density at radius 2 is 2.00 bits per heavy atom. The molecule has 0 atom stereocenters. The predicted octanol–water partition coefficient (Wildman–Crippen LogP) is 0.558. The lowest BCUT2D eigenvalue weighted by atomic mass is 10.2. The molecule has 1 rings (SSSR count). The van der Waals surface area contributed by atoms with Crippen LogP contribution in [0.3, 0.4) is 0 Å². The summed E-state index contributed by atoms with van der Waals surface area (Å²) in [5.74, 6) is 0. The Bertz CT molecular complexity index is 198. The highest BCUT2D eigenvalue weighted by molar-refractivity contribution is 5.13. The first-order chi connectivity index (χ1) is 5.93. The molecule has 0 aliphatic heterocycles. The molecule has 0 bridgehead atoms. The van der Waals surface area contributed by atoms with E-state index < -0.39 is 0 Å². The van der Waals surface area contributed by atoms with Gasteiger partial charge in [0, 0.05) is 0 Å². The zero-order chi connectivity index (χ0) is 8.65. The smallest absolute Gasteiger partial charge is 0.0938 e. The van der Waals surface area contributed by atoms with Gasteiger partial charge in [-0.05, 0) is 5.56 Å². The van der Waals surface area contributed by atoms with Crippen molar-refractivity contribution in [3.63, 3.8) is 0 Å². The van der Waals surface area contributed by atoms with Crippen LogP contribution in [-0.4, -0.2) is 13.2 Å². The van der Waals surface area contributed by atoms with Gasteiger partial charge < -0.3 is 10.1 Å². The van der Waals surface area contributed by atoms with Gasteiger partial charge in [-0.3, -0.25) is 0 Å². The second-order valence-electron chi connectivity index (χ2n) is 2.62. The Labute approximate surface area is 73.6 Å². The SMILES string of the molecule is [CH2-][NH2+]CCOCc1ccccc1. The van der Waals surface area contributed by atoms with Crippen LogP contribution < -0.4 is 5.32 Å². The molecule has 0 amide bonds. The minimum atomic E-state index is 0.703. The highest BCUT2D eigenvalue weighted by atomic mass is 16.5. The summed E-state index contributed by atoms with van der Waals surface area (Å²) in [6.45, 7) is 2.39. The summed E-state index contributed by atoms with van der Waals surface area (Å²) in [6, 6.07) is 10.2. The van der Waals surface area contributed by atoms with Gasteiger partial charge in [-0.25, -0.2) is 0 Å². The maximum Gasteiger partial charge on any atom is 0.0938 e. The van der Waals surface area contributed by atoms with Crippen molar-refractivity contribution in [3.05, 3.63) is 42.9 Å². The van der Waals surface area contributed by atoms with E-state index >= 15 is 0 Å². The van der Waals surface area contributed by atoms with E-state index in [1.165, 1.54) is 5.56 Å². The molecule has 0 fully saturated rings. The van der Waals surface area contributed by atoms with E-state index in [2.05, 4.69) is 19.2 Å². The van der Waals surface area contributed by atoms with Crippen LogP contribution in [0.5, 0.6) is 0 Å². The van der Waals surface area contributed by atoms with Crippen molar-refractivity contribution < 1.29 is 10.1 Å². The Hall–Kier alpha value is -0.860. The van der Waals surface area contributed by atoms with Crippen molar-refractivity contribution in [3.8, 4) is 0 Å². The van der Waals surface area contributed by atoms with Crippen LogP contribution in [-0.2, 0) is 11.3 Å². The summed E-state index contributed by atoms with van der Waals surface area (Å²) in [5, 5.41) is 1.87. The Balaban J connectivity index is 2.16. The van der Waals surface area contributed by atoms with E-state index in [4.69, 9.17) is 4.74 Å². The van der Waals surface area contributed by atoms with Gasteiger partial charge in [0.2, 0.25) is 0 Å². The van der Waals surface area contributed by atoms with Crippen molar-refractivity contribution in [1.82, 2.24) is 0 Å². The summed E-state index contributed by atoms with van der Waals surface area (Å²) in [6.07, 6.45) is 0. The lowest BCUT2D eigenvalue weighted by molar-refractivity contribution is -0.597. The number of hydrogen-bond donors (Lipinski definition) is 1. The van der Waals surface area contributed by atoms with E-state index in [0.717, 1.165) is 13.2 Å². The molecule has 0 unspecified atom stereocenters. The summed E-state index contributed by atoms with van der Waals surface area (Å²) in [4.78, 5) is 0. The lowest BCUT2D eigenvalue weighted by Crippen LogP contribution is -2.78. The average Bonchev–Trinajstić information content (AvgIpc) is 2.14. The zero-order valence-corrected chi connectivity index (χ0v) is 7.20. The van der Waals surface area contributed by atoms with Crippen molar-refractivity contribution in [2.75, 3.05) is 13.2 Å². The molecule has 2 nitrogen and oxygen atoms in total. The maximum absolute atomic E-state index is 5.39. The Kier molecular flexibility index (Phi) is 4.42. The molecule has 1 aromatic carbocycles. The number of ether oxygens (including phenoxy) is 1. The molecule has 0 aliphatic carbocycles. The quantitative estimate of drug-likeness (QED) is 0.500. The summed E-state index contributed by atoms with van der Waals surface area (Å²) in [7, 11) is 3.63.